The second-order valence-electron chi connectivity index (χ2n) is 6.64. The monoisotopic (exact) mass is 341 g/mol. The third-order valence-electron chi connectivity index (χ3n) is 4.92. The molecule has 2 aromatic carbocycles. The molecule has 4 heteroatoms. The summed E-state index contributed by atoms with van der Waals surface area (Å²) in [4.78, 5) is 16.2. The quantitative estimate of drug-likeness (QED) is 0.778. The smallest absolute Gasteiger partial charge is 0.230 e. The SMILES string of the molecule is CC1CCN(C(=O)C2CC2c2ccccc2F)c2ccccc2S1. The van der Waals surface area contributed by atoms with E-state index in [2.05, 4.69) is 13.0 Å². The average molecular weight is 341 g/mol. The summed E-state index contributed by atoms with van der Waals surface area (Å²) in [7, 11) is 0. The van der Waals surface area contributed by atoms with E-state index in [0.29, 0.717) is 10.8 Å². The molecule has 1 heterocycles. The first-order valence-corrected chi connectivity index (χ1v) is 9.34. The molecule has 0 saturated heterocycles. The molecule has 1 aliphatic heterocycles. The number of benzene rings is 2. The van der Waals surface area contributed by atoms with E-state index in [4.69, 9.17) is 0 Å². The summed E-state index contributed by atoms with van der Waals surface area (Å²) in [5.41, 5.74) is 1.69. The van der Waals surface area contributed by atoms with Gasteiger partial charge in [-0.1, -0.05) is 37.3 Å². The number of fused-ring (bicyclic) bond motifs is 1. The van der Waals surface area contributed by atoms with Crippen LogP contribution in [0.2, 0.25) is 0 Å². The van der Waals surface area contributed by atoms with Gasteiger partial charge in [0.1, 0.15) is 5.82 Å². The molecule has 3 unspecified atom stereocenters. The predicted octanol–water partition coefficient (Wildman–Crippen LogP) is 4.85. The Kier molecular flexibility index (Phi) is 4.09. The zero-order valence-corrected chi connectivity index (χ0v) is 14.4. The number of nitrogens with zero attached hydrogens (tertiary/aromatic N) is 1. The standard InChI is InChI=1S/C20H20FNOS/c1-13-10-11-22(18-8-4-5-9-19(18)24-13)20(23)16-12-15(16)14-6-2-3-7-17(14)21/h2-9,13,15-16H,10-12H2,1H3. The highest BCUT2D eigenvalue weighted by molar-refractivity contribution is 8.00. The van der Waals surface area contributed by atoms with Crippen LogP contribution < -0.4 is 4.90 Å². The number of rotatable bonds is 2. The van der Waals surface area contributed by atoms with E-state index in [9.17, 15) is 9.18 Å². The van der Waals surface area contributed by atoms with Gasteiger partial charge in [0.2, 0.25) is 5.91 Å². The number of thioether (sulfide) groups is 1. The van der Waals surface area contributed by atoms with E-state index < -0.39 is 0 Å². The summed E-state index contributed by atoms with van der Waals surface area (Å²) in [5, 5.41) is 0.491. The summed E-state index contributed by atoms with van der Waals surface area (Å²) in [6, 6.07) is 14.9. The van der Waals surface area contributed by atoms with E-state index in [1.165, 1.54) is 11.0 Å². The van der Waals surface area contributed by atoms with Crippen molar-refractivity contribution < 1.29 is 9.18 Å². The van der Waals surface area contributed by atoms with Gasteiger partial charge in [-0.25, -0.2) is 4.39 Å². The molecule has 24 heavy (non-hydrogen) atoms. The normalized spacial score (nSPS) is 25.8. The van der Waals surface area contributed by atoms with Gasteiger partial charge in [0.15, 0.2) is 0 Å². The lowest BCUT2D eigenvalue weighted by molar-refractivity contribution is -0.119. The largest absolute Gasteiger partial charge is 0.311 e. The number of amides is 1. The van der Waals surface area contributed by atoms with Crippen molar-refractivity contribution in [2.45, 2.75) is 35.8 Å². The fraction of sp³-hybridized carbons (Fsp3) is 0.350. The van der Waals surface area contributed by atoms with Crippen LogP contribution in [0.25, 0.3) is 0 Å². The van der Waals surface area contributed by atoms with Crippen molar-refractivity contribution in [1.82, 2.24) is 0 Å². The lowest BCUT2D eigenvalue weighted by Crippen LogP contribution is -2.33. The molecule has 0 spiro atoms. The van der Waals surface area contributed by atoms with Crippen LogP contribution in [0.4, 0.5) is 10.1 Å². The first-order valence-electron chi connectivity index (χ1n) is 8.46. The molecule has 0 aromatic heterocycles. The second-order valence-corrected chi connectivity index (χ2v) is 8.13. The molecule has 0 radical (unpaired) electrons. The molecule has 2 aliphatic rings. The Hall–Kier alpha value is -1.81. The number of halogens is 1. The Bertz CT molecular complexity index is 778. The van der Waals surface area contributed by atoms with Crippen LogP contribution in [-0.2, 0) is 4.79 Å². The zero-order chi connectivity index (χ0) is 16.7. The van der Waals surface area contributed by atoms with Crippen molar-refractivity contribution in [3.05, 3.63) is 59.9 Å². The Morgan fingerprint density at radius 2 is 1.92 bits per heavy atom. The maximum Gasteiger partial charge on any atom is 0.230 e. The van der Waals surface area contributed by atoms with E-state index >= 15 is 0 Å². The van der Waals surface area contributed by atoms with Crippen LogP contribution >= 0.6 is 11.8 Å². The second kappa shape index (κ2) is 6.25. The highest BCUT2D eigenvalue weighted by Gasteiger charge is 2.47. The molecule has 4 rings (SSSR count). The molecule has 0 bridgehead atoms. The van der Waals surface area contributed by atoms with Gasteiger partial charge >= 0.3 is 0 Å². The predicted molar refractivity (Wildman–Crippen MR) is 96.0 cm³/mol. The molecule has 1 fully saturated rings. The third-order valence-corrected chi connectivity index (χ3v) is 6.16. The molecular weight excluding hydrogens is 321 g/mol. The summed E-state index contributed by atoms with van der Waals surface area (Å²) < 4.78 is 14.0. The van der Waals surface area contributed by atoms with Crippen molar-refractivity contribution >= 4 is 23.4 Å². The van der Waals surface area contributed by atoms with E-state index in [0.717, 1.165) is 25.1 Å². The molecular formula is C20H20FNOS. The first kappa shape index (κ1) is 15.7. The molecule has 0 N–H and O–H groups in total. The molecule has 2 aromatic rings. The van der Waals surface area contributed by atoms with Crippen molar-refractivity contribution in [3.63, 3.8) is 0 Å². The van der Waals surface area contributed by atoms with Gasteiger partial charge in [0, 0.05) is 22.6 Å². The number of carbonyl (C=O) groups excluding carboxylic acids is 1. The lowest BCUT2D eigenvalue weighted by Gasteiger charge is -2.22. The van der Waals surface area contributed by atoms with Gasteiger partial charge in [-0.3, -0.25) is 4.79 Å². The number of anilines is 1. The number of carbonyl (C=O) groups is 1. The maximum absolute atomic E-state index is 14.0. The molecule has 1 amide bonds. The molecule has 3 atom stereocenters. The maximum atomic E-state index is 14.0. The molecule has 1 saturated carbocycles. The minimum Gasteiger partial charge on any atom is -0.311 e. The number of hydrogen-bond donors (Lipinski definition) is 0. The van der Waals surface area contributed by atoms with Crippen LogP contribution in [0, 0.1) is 11.7 Å². The van der Waals surface area contributed by atoms with Crippen LogP contribution in [0.5, 0.6) is 0 Å². The zero-order valence-electron chi connectivity index (χ0n) is 13.6. The highest BCUT2D eigenvalue weighted by Crippen LogP contribution is 2.50. The molecule has 2 nitrogen and oxygen atoms in total. The van der Waals surface area contributed by atoms with Crippen LogP contribution in [0.15, 0.2) is 53.4 Å². The summed E-state index contributed by atoms with van der Waals surface area (Å²) in [6.07, 6.45) is 1.73. The van der Waals surface area contributed by atoms with Gasteiger partial charge in [0.25, 0.3) is 0 Å². The van der Waals surface area contributed by atoms with Crippen LogP contribution in [-0.4, -0.2) is 17.7 Å². The third kappa shape index (κ3) is 2.84. The highest BCUT2D eigenvalue weighted by atomic mass is 32.2. The topological polar surface area (TPSA) is 20.3 Å². The van der Waals surface area contributed by atoms with Crippen molar-refractivity contribution in [3.8, 4) is 0 Å². The van der Waals surface area contributed by atoms with Gasteiger partial charge < -0.3 is 4.90 Å². The van der Waals surface area contributed by atoms with Crippen molar-refractivity contribution in [2.75, 3.05) is 11.4 Å². The Morgan fingerprint density at radius 3 is 2.75 bits per heavy atom. The minimum absolute atomic E-state index is 0.0270. The number of para-hydroxylation sites is 1. The average Bonchev–Trinajstić information content (AvgIpc) is 3.38. The molecule has 124 valence electrons. The van der Waals surface area contributed by atoms with Crippen molar-refractivity contribution in [1.29, 1.82) is 0 Å². The van der Waals surface area contributed by atoms with E-state index in [1.807, 2.05) is 47.0 Å². The van der Waals surface area contributed by atoms with Gasteiger partial charge in [-0.2, -0.15) is 0 Å². The van der Waals surface area contributed by atoms with Crippen LogP contribution in [0.1, 0.15) is 31.2 Å². The minimum atomic E-state index is -0.196. The van der Waals surface area contributed by atoms with Gasteiger partial charge in [0.05, 0.1) is 5.69 Å². The Morgan fingerprint density at radius 1 is 1.17 bits per heavy atom. The first-order chi connectivity index (χ1) is 11.6. The van der Waals surface area contributed by atoms with E-state index in [-0.39, 0.29) is 23.6 Å². The Balaban J connectivity index is 1.59. The fourth-order valence-corrected chi connectivity index (χ4v) is 4.62. The summed E-state index contributed by atoms with van der Waals surface area (Å²) >= 11 is 1.83. The molecule has 1 aliphatic carbocycles. The summed E-state index contributed by atoms with van der Waals surface area (Å²) in [6.45, 7) is 2.94. The van der Waals surface area contributed by atoms with Crippen LogP contribution in [0.3, 0.4) is 0 Å². The fourth-order valence-electron chi connectivity index (χ4n) is 3.50. The summed E-state index contributed by atoms with van der Waals surface area (Å²) in [5.74, 6) is -0.115. The van der Waals surface area contributed by atoms with Gasteiger partial charge in [-0.05, 0) is 42.5 Å². The Labute approximate surface area is 146 Å². The van der Waals surface area contributed by atoms with Crippen molar-refractivity contribution in [2.24, 2.45) is 5.92 Å². The number of hydrogen-bond acceptors (Lipinski definition) is 2. The van der Waals surface area contributed by atoms with E-state index in [1.54, 1.807) is 6.07 Å². The lowest BCUT2D eigenvalue weighted by atomic mass is 10.1. The van der Waals surface area contributed by atoms with Gasteiger partial charge in [-0.15, -0.1) is 11.8 Å².